The molecule has 4 rings (SSSR count). The molecule has 1 saturated heterocycles. The van der Waals surface area contributed by atoms with Crippen LogP contribution >= 0.6 is 0 Å². The molecule has 178 valence electrons. The summed E-state index contributed by atoms with van der Waals surface area (Å²) in [5.74, 6) is -18.9. The minimum atomic E-state index is -2.43. The van der Waals surface area contributed by atoms with Crippen LogP contribution in [0.3, 0.4) is 0 Å². The first kappa shape index (κ1) is 23.3. The molecule has 1 heterocycles. The number of carbonyl (C=O) groups excluding carboxylic acids is 1. The van der Waals surface area contributed by atoms with E-state index in [4.69, 9.17) is 9.47 Å². The van der Waals surface area contributed by atoms with E-state index in [0.717, 1.165) is 6.08 Å². The highest BCUT2D eigenvalue weighted by Gasteiger charge is 2.48. The molecule has 0 aromatic heterocycles. The molecule has 33 heavy (non-hydrogen) atoms. The van der Waals surface area contributed by atoms with E-state index in [1.54, 1.807) is 0 Å². The van der Waals surface area contributed by atoms with Gasteiger partial charge in [0.05, 0.1) is 23.3 Å². The van der Waals surface area contributed by atoms with Crippen LogP contribution in [0.15, 0.2) is 12.2 Å². The van der Waals surface area contributed by atoms with E-state index in [0.29, 0.717) is 0 Å². The molecule has 0 unspecified atom stereocenters. The van der Waals surface area contributed by atoms with Crippen LogP contribution in [0.5, 0.6) is 5.75 Å². The zero-order valence-corrected chi connectivity index (χ0v) is 16.4. The van der Waals surface area contributed by atoms with Crippen LogP contribution in [0.1, 0.15) is 12.8 Å². The lowest BCUT2D eigenvalue weighted by atomic mass is 9.91. The molecule has 0 radical (unpaired) electrons. The number of benzene rings is 2. The zero-order valence-electron chi connectivity index (χ0n) is 16.4. The minimum Gasteiger partial charge on any atom is -0.487 e. The van der Waals surface area contributed by atoms with Gasteiger partial charge < -0.3 is 19.7 Å². The van der Waals surface area contributed by atoms with Gasteiger partial charge in [-0.25, -0.2) is 26.3 Å². The van der Waals surface area contributed by atoms with Crippen molar-refractivity contribution in [2.75, 3.05) is 6.61 Å². The van der Waals surface area contributed by atoms with Crippen molar-refractivity contribution < 1.29 is 55.2 Å². The highest BCUT2D eigenvalue weighted by Crippen LogP contribution is 2.42. The summed E-state index contributed by atoms with van der Waals surface area (Å²) in [5.41, 5.74) is 0. The van der Waals surface area contributed by atoms with E-state index in [-0.39, 0.29) is 18.8 Å². The van der Waals surface area contributed by atoms with Gasteiger partial charge in [-0.15, -0.1) is 0 Å². The fourth-order valence-corrected chi connectivity index (χ4v) is 4.27. The zero-order chi connectivity index (χ0) is 24.2. The molecule has 5 nitrogen and oxygen atoms in total. The van der Waals surface area contributed by atoms with Gasteiger partial charge in [-0.1, -0.05) is 12.2 Å². The quantitative estimate of drug-likeness (QED) is 0.226. The van der Waals surface area contributed by atoms with E-state index >= 15 is 0 Å². The van der Waals surface area contributed by atoms with Crippen LogP contribution in [0.25, 0.3) is 10.8 Å². The van der Waals surface area contributed by atoms with E-state index in [1.165, 1.54) is 6.08 Å². The largest absolute Gasteiger partial charge is 0.487 e. The van der Waals surface area contributed by atoms with Gasteiger partial charge in [0.15, 0.2) is 40.7 Å². The van der Waals surface area contributed by atoms with Gasteiger partial charge in [-0.05, 0) is 0 Å². The predicted molar refractivity (Wildman–Crippen MR) is 96.4 cm³/mol. The van der Waals surface area contributed by atoms with Crippen LogP contribution < -0.4 is 4.74 Å². The Morgan fingerprint density at radius 3 is 2.15 bits per heavy atom. The van der Waals surface area contributed by atoms with Gasteiger partial charge in [0.1, 0.15) is 18.8 Å². The van der Waals surface area contributed by atoms with Crippen LogP contribution in [-0.4, -0.2) is 41.1 Å². The number of ether oxygens (including phenoxy) is 2. The molecule has 0 bridgehead atoms. The number of hydrogen-bond acceptors (Lipinski definition) is 5. The Balaban J connectivity index is 1.60. The van der Waals surface area contributed by atoms with Crippen molar-refractivity contribution in [2.45, 2.75) is 31.2 Å². The average molecular weight is 480 g/mol. The molecule has 2 fully saturated rings. The number of aliphatic hydroxyl groups is 2. The number of halogens is 7. The van der Waals surface area contributed by atoms with Crippen LogP contribution in [0.4, 0.5) is 30.7 Å². The van der Waals surface area contributed by atoms with Crippen molar-refractivity contribution in [1.29, 1.82) is 0 Å². The number of carbonyl (C=O) groups is 1. The predicted octanol–water partition coefficient (Wildman–Crippen LogP) is 3.42. The Kier molecular flexibility index (Phi) is 5.99. The van der Waals surface area contributed by atoms with Gasteiger partial charge >= 0.3 is 5.97 Å². The first-order valence-electron chi connectivity index (χ1n) is 9.71. The monoisotopic (exact) mass is 480 g/mol. The van der Waals surface area contributed by atoms with E-state index < -0.39 is 94.0 Å². The second-order valence-electron chi connectivity index (χ2n) is 7.82. The number of rotatable bonds is 5. The Hall–Kier alpha value is -2.86. The topological polar surface area (TPSA) is 76.0 Å². The van der Waals surface area contributed by atoms with Gasteiger partial charge in [0, 0.05) is 18.3 Å². The molecule has 2 aromatic rings. The first-order valence-corrected chi connectivity index (χ1v) is 9.71. The third kappa shape index (κ3) is 3.80. The Morgan fingerprint density at radius 2 is 1.52 bits per heavy atom. The van der Waals surface area contributed by atoms with Crippen LogP contribution in [0.2, 0.25) is 0 Å². The van der Waals surface area contributed by atoms with Crippen molar-refractivity contribution in [3.63, 3.8) is 0 Å². The van der Waals surface area contributed by atoms with Crippen molar-refractivity contribution in [2.24, 2.45) is 11.8 Å². The number of esters is 1. The third-order valence-corrected chi connectivity index (χ3v) is 5.83. The summed E-state index contributed by atoms with van der Waals surface area (Å²) in [7, 11) is 0. The smallest absolute Gasteiger partial charge is 0.306 e. The fraction of sp³-hybridized carbons (Fsp3) is 0.381. The van der Waals surface area contributed by atoms with Gasteiger partial charge in [-0.2, -0.15) is 4.39 Å². The summed E-state index contributed by atoms with van der Waals surface area (Å²) < 4.78 is 107. The van der Waals surface area contributed by atoms with E-state index in [2.05, 4.69) is 0 Å². The second-order valence-corrected chi connectivity index (χ2v) is 7.82. The highest BCUT2D eigenvalue weighted by molar-refractivity contribution is 5.90. The molecule has 2 N–H and O–H groups in total. The van der Waals surface area contributed by atoms with Gasteiger partial charge in [0.25, 0.3) is 0 Å². The first-order chi connectivity index (χ1) is 15.5. The third-order valence-electron chi connectivity index (χ3n) is 5.83. The van der Waals surface area contributed by atoms with Crippen molar-refractivity contribution in [1.82, 2.24) is 0 Å². The standard InChI is InChI=1S/C21H15F7O5/c22-14-12-13(16(24)18(26)17(14)25)21(20(28)19(27)15(12)23)32-5-6(29)1-2-7-8-3-11(31)33-10(8)4-9(7)30/h1-2,6-10,29-30H,3-5H2/b2-1+/t6-,7+,8+,9+,10-/m0/s1. The minimum absolute atomic E-state index is 0.0579. The normalized spacial score (nSPS) is 25.7. The van der Waals surface area contributed by atoms with Crippen molar-refractivity contribution in [3.8, 4) is 5.75 Å². The Labute approximate surface area is 181 Å². The maximum Gasteiger partial charge on any atom is 0.306 e. The number of hydrogen-bond donors (Lipinski definition) is 2. The van der Waals surface area contributed by atoms with Gasteiger partial charge in [-0.3, -0.25) is 4.79 Å². The van der Waals surface area contributed by atoms with Crippen LogP contribution in [0, 0.1) is 52.6 Å². The molecule has 5 atom stereocenters. The summed E-state index contributed by atoms with van der Waals surface area (Å²) in [6.07, 6.45) is -0.239. The molecule has 1 aliphatic carbocycles. The van der Waals surface area contributed by atoms with Crippen molar-refractivity contribution in [3.05, 3.63) is 52.9 Å². The van der Waals surface area contributed by atoms with E-state index in [1.807, 2.05) is 0 Å². The Morgan fingerprint density at radius 1 is 0.939 bits per heavy atom. The summed E-state index contributed by atoms with van der Waals surface area (Å²) in [6.45, 7) is -0.917. The second kappa shape index (κ2) is 8.49. The maximum absolute atomic E-state index is 14.2. The molecule has 1 saturated carbocycles. The molecule has 2 aliphatic rings. The number of fused-ring (bicyclic) bond motifs is 2. The lowest BCUT2D eigenvalue weighted by Gasteiger charge is -2.17. The molecule has 0 amide bonds. The summed E-state index contributed by atoms with van der Waals surface area (Å²) in [5, 5.41) is 17.0. The molecular weight excluding hydrogens is 465 g/mol. The number of aliphatic hydroxyl groups excluding tert-OH is 2. The Bertz CT molecular complexity index is 1160. The highest BCUT2D eigenvalue weighted by atomic mass is 19.2. The van der Waals surface area contributed by atoms with Gasteiger partial charge in [0.2, 0.25) is 5.82 Å². The lowest BCUT2D eigenvalue weighted by Crippen LogP contribution is -2.20. The molecule has 1 aliphatic heterocycles. The lowest BCUT2D eigenvalue weighted by molar-refractivity contribution is -0.141. The fourth-order valence-electron chi connectivity index (χ4n) is 4.27. The molecule has 0 spiro atoms. The maximum atomic E-state index is 14.2. The summed E-state index contributed by atoms with van der Waals surface area (Å²) in [6, 6.07) is 0. The van der Waals surface area contributed by atoms with Crippen LogP contribution in [-0.2, 0) is 9.53 Å². The summed E-state index contributed by atoms with van der Waals surface area (Å²) in [4.78, 5) is 11.4. The average Bonchev–Trinajstić information content (AvgIpc) is 3.26. The SMILES string of the molecule is O=C1C[C@@H]2[C@@H](/C=C/[C@H](O)COc3c(F)c(F)c(F)c4c(F)c(F)c(F)c(F)c34)[C@H](O)C[C@@H]2O1. The molecule has 12 heteroatoms. The molecular formula is C21H15F7O5. The summed E-state index contributed by atoms with van der Waals surface area (Å²) >= 11 is 0. The van der Waals surface area contributed by atoms with E-state index in [9.17, 15) is 45.7 Å². The molecule has 2 aromatic carbocycles. The van der Waals surface area contributed by atoms with Crippen molar-refractivity contribution >= 4 is 16.7 Å².